The van der Waals surface area contributed by atoms with E-state index in [1.54, 1.807) is 43.3 Å². The van der Waals surface area contributed by atoms with E-state index in [2.05, 4.69) is 5.32 Å². The van der Waals surface area contributed by atoms with Gasteiger partial charge < -0.3 is 15.0 Å². The standard InChI is InChI=1S/C25H24FN3O5S/c1-16-25(31)29(15-18-6-4-5-7-21(18)26)22-14-19(10-13-23(22)34-16)27-24(30)17-8-11-20(12-9-17)35(32,33)28(2)3/h4-14,16H,15H2,1-3H3,(H,27,30). The van der Waals surface area contributed by atoms with Crippen molar-refractivity contribution in [2.45, 2.75) is 24.5 Å². The van der Waals surface area contributed by atoms with E-state index in [-0.39, 0.29) is 22.9 Å². The number of hydrogen-bond acceptors (Lipinski definition) is 5. The monoisotopic (exact) mass is 497 g/mol. The maximum Gasteiger partial charge on any atom is 0.268 e. The van der Waals surface area contributed by atoms with Gasteiger partial charge in [-0.25, -0.2) is 17.1 Å². The molecule has 0 radical (unpaired) electrons. The van der Waals surface area contributed by atoms with Crippen LogP contribution in [0.2, 0.25) is 0 Å². The number of halogens is 1. The topological polar surface area (TPSA) is 96.0 Å². The second kappa shape index (κ2) is 9.47. The minimum atomic E-state index is -3.61. The van der Waals surface area contributed by atoms with Gasteiger partial charge in [0.1, 0.15) is 11.6 Å². The Bertz CT molecular complexity index is 1390. The van der Waals surface area contributed by atoms with Crippen molar-refractivity contribution in [3.8, 4) is 5.75 Å². The van der Waals surface area contributed by atoms with Crippen molar-refractivity contribution in [3.63, 3.8) is 0 Å². The summed E-state index contributed by atoms with van der Waals surface area (Å²) in [5.74, 6) is -0.785. The molecule has 1 unspecified atom stereocenters. The average Bonchev–Trinajstić information content (AvgIpc) is 2.83. The number of nitrogens with one attached hydrogen (secondary N) is 1. The van der Waals surface area contributed by atoms with Gasteiger partial charge in [-0.1, -0.05) is 18.2 Å². The third-order valence-corrected chi connectivity index (χ3v) is 7.44. The minimum absolute atomic E-state index is 0.00537. The smallest absolute Gasteiger partial charge is 0.268 e. The zero-order valence-electron chi connectivity index (χ0n) is 19.4. The molecule has 182 valence electrons. The number of fused-ring (bicyclic) bond motifs is 1. The lowest BCUT2D eigenvalue weighted by atomic mass is 10.1. The van der Waals surface area contributed by atoms with Gasteiger partial charge in [-0.3, -0.25) is 9.59 Å². The lowest BCUT2D eigenvalue weighted by molar-refractivity contribution is -0.125. The van der Waals surface area contributed by atoms with E-state index in [1.807, 2.05) is 0 Å². The number of benzene rings is 3. The van der Waals surface area contributed by atoms with Crippen LogP contribution >= 0.6 is 0 Å². The first-order valence-electron chi connectivity index (χ1n) is 10.8. The second-order valence-corrected chi connectivity index (χ2v) is 10.4. The molecule has 0 saturated carbocycles. The molecule has 0 aliphatic carbocycles. The van der Waals surface area contributed by atoms with Gasteiger partial charge >= 0.3 is 0 Å². The van der Waals surface area contributed by atoms with Crippen LogP contribution in [0.1, 0.15) is 22.8 Å². The highest BCUT2D eigenvalue weighted by Crippen LogP contribution is 2.37. The molecule has 10 heteroatoms. The second-order valence-electron chi connectivity index (χ2n) is 8.22. The zero-order chi connectivity index (χ0) is 25.3. The Morgan fingerprint density at radius 1 is 1.09 bits per heavy atom. The first-order chi connectivity index (χ1) is 16.6. The van der Waals surface area contributed by atoms with Crippen molar-refractivity contribution in [3.05, 3.63) is 83.7 Å². The van der Waals surface area contributed by atoms with Crippen molar-refractivity contribution in [2.24, 2.45) is 0 Å². The molecule has 35 heavy (non-hydrogen) atoms. The van der Waals surface area contributed by atoms with E-state index < -0.39 is 27.9 Å². The fourth-order valence-corrected chi connectivity index (χ4v) is 4.54. The van der Waals surface area contributed by atoms with Gasteiger partial charge in [-0.2, -0.15) is 0 Å². The van der Waals surface area contributed by atoms with Crippen LogP contribution in [-0.2, 0) is 21.4 Å². The molecule has 4 rings (SSSR count). The molecule has 1 atom stereocenters. The van der Waals surface area contributed by atoms with E-state index in [4.69, 9.17) is 4.74 Å². The number of ether oxygens (including phenoxy) is 1. The Balaban J connectivity index is 1.59. The predicted octanol–water partition coefficient (Wildman–Crippen LogP) is 3.64. The number of hydrogen-bond donors (Lipinski definition) is 1. The van der Waals surface area contributed by atoms with Crippen LogP contribution in [0.15, 0.2) is 71.6 Å². The molecule has 2 amide bonds. The summed E-state index contributed by atoms with van der Waals surface area (Å²) in [5, 5.41) is 2.74. The van der Waals surface area contributed by atoms with Crippen LogP contribution in [-0.4, -0.2) is 44.7 Å². The molecular formula is C25H24FN3O5S. The van der Waals surface area contributed by atoms with Crippen LogP contribution in [0.5, 0.6) is 5.75 Å². The van der Waals surface area contributed by atoms with Crippen molar-refractivity contribution in [1.29, 1.82) is 0 Å². The van der Waals surface area contributed by atoms with E-state index in [0.717, 1.165) is 4.31 Å². The largest absolute Gasteiger partial charge is 0.479 e. The highest BCUT2D eigenvalue weighted by atomic mass is 32.2. The third-order valence-electron chi connectivity index (χ3n) is 5.61. The van der Waals surface area contributed by atoms with Crippen LogP contribution < -0.4 is 15.0 Å². The molecular weight excluding hydrogens is 473 g/mol. The summed E-state index contributed by atoms with van der Waals surface area (Å²) in [6, 6.07) is 16.6. The van der Waals surface area contributed by atoms with E-state index in [0.29, 0.717) is 22.7 Å². The Hall–Kier alpha value is -3.76. The summed E-state index contributed by atoms with van der Waals surface area (Å²) in [6.45, 7) is 1.63. The van der Waals surface area contributed by atoms with Crippen LogP contribution in [0.3, 0.4) is 0 Å². The maximum atomic E-state index is 14.3. The Kier molecular flexibility index (Phi) is 6.60. The van der Waals surface area contributed by atoms with Gasteiger partial charge in [0.05, 0.1) is 17.1 Å². The molecule has 0 aromatic heterocycles. The molecule has 0 saturated heterocycles. The van der Waals surface area contributed by atoms with Gasteiger partial charge in [0.25, 0.3) is 11.8 Å². The van der Waals surface area contributed by atoms with Crippen molar-refractivity contribution >= 4 is 33.2 Å². The number of anilines is 2. The van der Waals surface area contributed by atoms with Crippen molar-refractivity contribution in [2.75, 3.05) is 24.3 Å². The number of carbonyl (C=O) groups is 2. The van der Waals surface area contributed by atoms with E-state index in [1.165, 1.54) is 49.3 Å². The number of carbonyl (C=O) groups excluding carboxylic acids is 2. The zero-order valence-corrected chi connectivity index (χ0v) is 20.2. The number of rotatable bonds is 6. The molecule has 1 heterocycles. The Morgan fingerprint density at radius 3 is 2.43 bits per heavy atom. The first kappa shape index (κ1) is 24.4. The summed E-state index contributed by atoms with van der Waals surface area (Å²) in [6.07, 6.45) is -0.744. The molecule has 3 aromatic carbocycles. The van der Waals surface area contributed by atoms with Gasteiger partial charge in [0.15, 0.2) is 6.10 Å². The molecule has 3 aromatic rings. The van der Waals surface area contributed by atoms with Crippen molar-refractivity contribution < 1.29 is 27.1 Å². The van der Waals surface area contributed by atoms with E-state index in [9.17, 15) is 22.4 Å². The summed E-state index contributed by atoms with van der Waals surface area (Å²) in [5.41, 5.74) is 1.40. The van der Waals surface area contributed by atoms with Crippen molar-refractivity contribution in [1.82, 2.24) is 4.31 Å². The van der Waals surface area contributed by atoms with Gasteiger partial charge in [-0.15, -0.1) is 0 Å². The summed E-state index contributed by atoms with van der Waals surface area (Å²) in [4.78, 5) is 27.1. The Morgan fingerprint density at radius 2 is 1.77 bits per heavy atom. The number of nitrogens with zero attached hydrogens (tertiary/aromatic N) is 2. The molecule has 1 aliphatic heterocycles. The highest BCUT2D eigenvalue weighted by Gasteiger charge is 2.32. The molecule has 0 fully saturated rings. The normalized spacial score (nSPS) is 15.5. The summed E-state index contributed by atoms with van der Waals surface area (Å²) >= 11 is 0. The fourth-order valence-electron chi connectivity index (χ4n) is 3.64. The van der Waals surface area contributed by atoms with E-state index >= 15 is 0 Å². The first-order valence-corrected chi connectivity index (χ1v) is 12.2. The SMILES string of the molecule is CC1Oc2ccc(NC(=O)c3ccc(S(=O)(=O)N(C)C)cc3)cc2N(Cc2ccccc2F)C1=O. The average molecular weight is 498 g/mol. The predicted molar refractivity (Wildman–Crippen MR) is 129 cm³/mol. The van der Waals surface area contributed by atoms with Crippen LogP contribution in [0.4, 0.5) is 15.8 Å². The number of sulfonamides is 1. The highest BCUT2D eigenvalue weighted by molar-refractivity contribution is 7.89. The summed E-state index contributed by atoms with van der Waals surface area (Å²) in [7, 11) is -0.755. The third kappa shape index (κ3) is 4.89. The lowest BCUT2D eigenvalue weighted by Gasteiger charge is -2.33. The Labute approximate surface area is 203 Å². The van der Waals surface area contributed by atoms with Crippen LogP contribution in [0.25, 0.3) is 0 Å². The molecule has 0 spiro atoms. The molecule has 8 nitrogen and oxygen atoms in total. The van der Waals surface area contributed by atoms with Gasteiger partial charge in [0.2, 0.25) is 10.0 Å². The fraction of sp³-hybridized carbons (Fsp3) is 0.200. The molecule has 0 bridgehead atoms. The molecule has 1 N–H and O–H groups in total. The van der Waals surface area contributed by atoms with Gasteiger partial charge in [-0.05, 0) is 55.5 Å². The van der Waals surface area contributed by atoms with Gasteiger partial charge in [0, 0.05) is 30.9 Å². The quantitative estimate of drug-likeness (QED) is 0.561. The maximum absolute atomic E-state index is 14.3. The molecule has 1 aliphatic rings. The summed E-state index contributed by atoms with van der Waals surface area (Å²) < 4.78 is 45.5. The lowest BCUT2D eigenvalue weighted by Crippen LogP contribution is -2.44. The number of amides is 2. The van der Waals surface area contributed by atoms with Crippen LogP contribution in [0, 0.1) is 5.82 Å². The minimum Gasteiger partial charge on any atom is -0.479 e.